The van der Waals surface area contributed by atoms with Crippen LogP contribution in [0.5, 0.6) is 0 Å². The summed E-state index contributed by atoms with van der Waals surface area (Å²) in [5.41, 5.74) is 4.77. The summed E-state index contributed by atoms with van der Waals surface area (Å²) in [4.78, 5) is 47.3. The van der Waals surface area contributed by atoms with E-state index in [1.54, 1.807) is 6.92 Å². The summed E-state index contributed by atoms with van der Waals surface area (Å²) in [7, 11) is 0. The predicted octanol–water partition coefficient (Wildman–Crippen LogP) is 4.62. The van der Waals surface area contributed by atoms with Gasteiger partial charge in [0.15, 0.2) is 5.82 Å². The van der Waals surface area contributed by atoms with E-state index in [0.29, 0.717) is 34.2 Å². The number of carboxylic acid groups (broad SMARTS) is 1. The fourth-order valence-corrected chi connectivity index (χ4v) is 4.24. The van der Waals surface area contributed by atoms with Crippen LogP contribution in [0.2, 0.25) is 0 Å². The minimum absolute atomic E-state index is 0.102. The molecular weight excluding hydrogens is 548 g/mol. The number of nitrogens with one attached hydrogen (secondary N) is 4. The average Bonchev–Trinajstić information content (AvgIpc) is 3.22. The minimum Gasteiger partial charge on any atom is -0.481 e. The van der Waals surface area contributed by atoms with Gasteiger partial charge in [-0.2, -0.15) is 17.5 Å². The third-order valence-corrected chi connectivity index (χ3v) is 5.95. The van der Waals surface area contributed by atoms with Crippen molar-refractivity contribution >= 4 is 52.7 Å². The normalized spacial score (nSPS) is 11.0. The van der Waals surface area contributed by atoms with Gasteiger partial charge in [0, 0.05) is 12.2 Å². The molecule has 0 aliphatic heterocycles. The highest BCUT2D eigenvalue weighted by molar-refractivity contribution is 7.10. The smallest absolute Gasteiger partial charge is 0.416 e. The maximum Gasteiger partial charge on any atom is 0.416 e. The van der Waals surface area contributed by atoms with Gasteiger partial charge in [0.25, 0.3) is 5.91 Å². The van der Waals surface area contributed by atoms with E-state index in [1.807, 2.05) is 5.32 Å². The first-order valence-electron chi connectivity index (χ1n) is 10.9. The van der Waals surface area contributed by atoms with Crippen molar-refractivity contribution in [2.75, 3.05) is 22.5 Å². The van der Waals surface area contributed by atoms with Crippen molar-refractivity contribution in [1.29, 1.82) is 0 Å². The summed E-state index contributed by atoms with van der Waals surface area (Å²) < 4.78 is 56.7. The lowest BCUT2D eigenvalue weighted by atomic mass is 10.0. The lowest BCUT2D eigenvalue weighted by molar-refractivity contribution is -0.138. The first kappa shape index (κ1) is 28.8. The number of hydrogen-bond donors (Lipinski definition) is 6. The third-order valence-electron chi connectivity index (χ3n) is 5.07. The number of carbonyl (C=O) groups excluding carboxylic acids is 3. The summed E-state index contributed by atoms with van der Waals surface area (Å²) in [6, 6.07) is 4.21. The van der Waals surface area contributed by atoms with Crippen molar-refractivity contribution in [3.8, 4) is 10.4 Å². The zero-order chi connectivity index (χ0) is 28.9. The Balaban J connectivity index is 1.76. The van der Waals surface area contributed by atoms with Gasteiger partial charge in [-0.25, -0.2) is 14.0 Å². The van der Waals surface area contributed by atoms with E-state index in [2.05, 4.69) is 20.3 Å². The molecule has 0 bridgehead atoms. The number of aromatic nitrogens is 1. The van der Waals surface area contributed by atoms with Crippen LogP contribution in [0.3, 0.4) is 0 Å². The van der Waals surface area contributed by atoms with Gasteiger partial charge in [-0.3, -0.25) is 14.9 Å². The summed E-state index contributed by atoms with van der Waals surface area (Å²) >= 11 is 0.848. The molecule has 11 nitrogen and oxygen atoms in total. The van der Waals surface area contributed by atoms with Crippen molar-refractivity contribution in [3.63, 3.8) is 0 Å². The molecule has 2 aromatic carbocycles. The predicted molar refractivity (Wildman–Crippen MR) is 134 cm³/mol. The fraction of sp³-hybridized carbons (Fsp3) is 0.174. The molecule has 0 aliphatic rings. The molecule has 206 valence electrons. The van der Waals surface area contributed by atoms with Crippen LogP contribution in [-0.4, -0.2) is 40.0 Å². The van der Waals surface area contributed by atoms with Crippen LogP contribution >= 0.6 is 11.5 Å². The van der Waals surface area contributed by atoms with Crippen molar-refractivity contribution in [2.24, 2.45) is 5.73 Å². The Hall–Kier alpha value is -4.73. The highest BCUT2D eigenvalue weighted by Crippen LogP contribution is 2.36. The van der Waals surface area contributed by atoms with Gasteiger partial charge in [0.1, 0.15) is 11.4 Å². The number of carbonyl (C=O) groups is 4. The van der Waals surface area contributed by atoms with Gasteiger partial charge in [0.05, 0.1) is 22.5 Å². The Kier molecular flexibility index (Phi) is 8.70. The van der Waals surface area contributed by atoms with Crippen LogP contribution in [0.25, 0.3) is 10.4 Å². The first-order valence-corrected chi connectivity index (χ1v) is 11.7. The average molecular weight is 569 g/mol. The Bertz CT molecular complexity index is 1440. The van der Waals surface area contributed by atoms with Crippen molar-refractivity contribution in [1.82, 2.24) is 9.69 Å². The number of hydrogen-bond acceptors (Lipinski definition) is 6. The van der Waals surface area contributed by atoms with Gasteiger partial charge in [-0.05, 0) is 59.9 Å². The van der Waals surface area contributed by atoms with Gasteiger partial charge in [0.2, 0.25) is 0 Å². The number of carboxylic acids is 1. The molecule has 0 unspecified atom stereocenters. The number of aliphatic carboxylic acids is 1. The van der Waals surface area contributed by atoms with Crippen LogP contribution in [0, 0.1) is 12.7 Å². The van der Waals surface area contributed by atoms with Gasteiger partial charge in [-0.1, -0.05) is 6.07 Å². The van der Waals surface area contributed by atoms with Crippen LogP contribution in [0.4, 0.5) is 44.3 Å². The number of halogens is 4. The molecule has 7 N–H and O–H groups in total. The van der Waals surface area contributed by atoms with E-state index >= 15 is 0 Å². The number of benzene rings is 2. The zero-order valence-corrected chi connectivity index (χ0v) is 20.7. The molecule has 0 saturated carbocycles. The topological polar surface area (TPSA) is 176 Å². The summed E-state index contributed by atoms with van der Waals surface area (Å²) in [6.45, 7) is 1.46. The summed E-state index contributed by atoms with van der Waals surface area (Å²) in [5, 5.41) is 17.7. The van der Waals surface area contributed by atoms with E-state index < -0.39 is 47.2 Å². The standard InChI is InChI=1S/C23H20F4N6O5S/c1-10-8-12(30-22(38)31-15-9-11(23(25,26)27)2-5-14(15)24)3-4-13(10)18-17(19(28)36)20(33-39-18)32-21(37)29-7-6-16(34)35/h2-5,8-9H,6-7H2,1H3,(H2,28,36)(H,34,35)(H2,30,31,38)(H2,29,32,33,37). The van der Waals surface area contributed by atoms with E-state index in [-0.39, 0.29) is 30.0 Å². The second kappa shape index (κ2) is 11.8. The fourth-order valence-electron chi connectivity index (χ4n) is 3.30. The molecular formula is C23H20F4N6O5S. The van der Waals surface area contributed by atoms with Crippen LogP contribution in [0.15, 0.2) is 36.4 Å². The Labute approximate surface area is 221 Å². The minimum atomic E-state index is -4.73. The van der Waals surface area contributed by atoms with E-state index in [9.17, 15) is 36.7 Å². The number of nitrogens with two attached hydrogens (primary N) is 1. The van der Waals surface area contributed by atoms with Gasteiger partial charge < -0.3 is 26.8 Å². The largest absolute Gasteiger partial charge is 0.481 e. The molecule has 3 rings (SSSR count). The zero-order valence-electron chi connectivity index (χ0n) is 19.9. The highest BCUT2D eigenvalue weighted by Gasteiger charge is 2.31. The molecule has 0 aliphatic carbocycles. The van der Waals surface area contributed by atoms with E-state index in [4.69, 9.17) is 10.8 Å². The number of urea groups is 2. The first-order chi connectivity index (χ1) is 18.3. The SMILES string of the molecule is Cc1cc(NC(=O)Nc2cc(C(F)(F)F)ccc2F)ccc1-c1snc(NC(=O)NCCC(=O)O)c1C(N)=O. The van der Waals surface area contributed by atoms with Crippen molar-refractivity contribution in [2.45, 2.75) is 19.5 Å². The number of anilines is 3. The number of aryl methyl sites for hydroxylation is 1. The van der Waals surface area contributed by atoms with Crippen molar-refractivity contribution in [3.05, 3.63) is 58.9 Å². The molecule has 0 saturated heterocycles. The molecule has 0 fully saturated rings. The molecule has 5 amide bonds. The lowest BCUT2D eigenvalue weighted by Gasteiger charge is -2.13. The molecule has 39 heavy (non-hydrogen) atoms. The number of primary amides is 1. The lowest BCUT2D eigenvalue weighted by Crippen LogP contribution is -2.31. The monoisotopic (exact) mass is 568 g/mol. The molecule has 0 atom stereocenters. The number of alkyl halides is 3. The van der Waals surface area contributed by atoms with Crippen LogP contribution in [-0.2, 0) is 11.0 Å². The number of nitrogens with zero attached hydrogens (tertiary/aromatic N) is 1. The maximum atomic E-state index is 13.9. The van der Waals surface area contributed by atoms with Crippen LogP contribution < -0.4 is 27.0 Å². The number of amides is 5. The molecule has 1 heterocycles. The molecule has 0 spiro atoms. The Morgan fingerprint density at radius 1 is 1.03 bits per heavy atom. The van der Waals surface area contributed by atoms with Crippen LogP contribution in [0.1, 0.15) is 27.9 Å². The van der Waals surface area contributed by atoms with E-state index in [1.165, 1.54) is 18.2 Å². The van der Waals surface area contributed by atoms with Gasteiger partial charge >= 0.3 is 24.2 Å². The third kappa shape index (κ3) is 7.41. The number of rotatable bonds is 8. The highest BCUT2D eigenvalue weighted by atomic mass is 32.1. The molecule has 1 aromatic heterocycles. The summed E-state index contributed by atoms with van der Waals surface area (Å²) in [6.07, 6.45) is -5.04. The molecule has 3 aromatic rings. The molecule has 0 radical (unpaired) electrons. The second-order valence-electron chi connectivity index (χ2n) is 7.93. The quantitative estimate of drug-likeness (QED) is 0.216. The molecule has 16 heteroatoms. The Morgan fingerprint density at radius 2 is 1.74 bits per heavy atom. The van der Waals surface area contributed by atoms with E-state index in [0.717, 1.165) is 11.5 Å². The maximum absolute atomic E-state index is 13.9. The van der Waals surface area contributed by atoms with Gasteiger partial charge in [-0.15, -0.1) is 0 Å². The van der Waals surface area contributed by atoms with Crippen molar-refractivity contribution < 1.29 is 41.8 Å². The summed E-state index contributed by atoms with van der Waals surface area (Å²) in [5.74, 6) is -3.21. The second-order valence-corrected chi connectivity index (χ2v) is 8.70. The Morgan fingerprint density at radius 3 is 2.36 bits per heavy atom.